The van der Waals surface area contributed by atoms with Crippen molar-refractivity contribution in [1.29, 1.82) is 0 Å². The number of allylic oxidation sites excluding steroid dienone is 3. The van der Waals surface area contributed by atoms with Crippen LogP contribution in [0.15, 0.2) is 24.8 Å². The van der Waals surface area contributed by atoms with E-state index < -0.39 is 0 Å². The summed E-state index contributed by atoms with van der Waals surface area (Å²) in [5.74, 6) is -0.0173. The van der Waals surface area contributed by atoms with E-state index in [2.05, 4.69) is 25.7 Å². The third-order valence-electron chi connectivity index (χ3n) is 4.96. The number of ether oxygens (including phenoxy) is 1. The van der Waals surface area contributed by atoms with E-state index in [0.717, 1.165) is 38.5 Å². The Balaban J connectivity index is 3.20. The topological polar surface area (TPSA) is 26.3 Å². The number of esters is 1. The number of carbonyl (C=O) groups is 1. The number of unbranched alkanes of at least 4 members (excludes halogenated alkanes) is 14. The fourth-order valence-electron chi connectivity index (χ4n) is 3.17. The first-order chi connectivity index (χ1) is 13.3. The van der Waals surface area contributed by atoms with Gasteiger partial charge in [0.15, 0.2) is 0 Å². The van der Waals surface area contributed by atoms with Crippen molar-refractivity contribution in [2.45, 2.75) is 122 Å². The van der Waals surface area contributed by atoms with E-state index in [4.69, 9.17) is 4.74 Å². The van der Waals surface area contributed by atoms with E-state index in [-0.39, 0.29) is 5.97 Å². The predicted octanol–water partition coefficient (Wildman–Crippen LogP) is 8.31. The lowest BCUT2D eigenvalue weighted by Crippen LogP contribution is -2.05. The van der Waals surface area contributed by atoms with Crippen LogP contribution in [0.1, 0.15) is 122 Å². The molecule has 0 aromatic carbocycles. The molecule has 0 spiro atoms. The molecule has 0 aliphatic heterocycles. The molecule has 2 heteroatoms. The second-order valence-electron chi connectivity index (χ2n) is 7.69. The van der Waals surface area contributed by atoms with E-state index >= 15 is 0 Å². The summed E-state index contributed by atoms with van der Waals surface area (Å²) in [6, 6.07) is 0. The Morgan fingerprint density at radius 1 is 0.704 bits per heavy atom. The highest BCUT2D eigenvalue weighted by Crippen LogP contribution is 2.10. The zero-order valence-electron chi connectivity index (χ0n) is 18.2. The number of hydrogen-bond donors (Lipinski definition) is 0. The van der Waals surface area contributed by atoms with Gasteiger partial charge >= 0.3 is 5.97 Å². The summed E-state index contributed by atoms with van der Waals surface area (Å²) in [6.45, 7) is 6.56. The van der Waals surface area contributed by atoms with Crippen LogP contribution in [0.25, 0.3) is 0 Å². The highest BCUT2D eigenvalue weighted by molar-refractivity contribution is 5.69. The molecule has 0 heterocycles. The Morgan fingerprint density at radius 2 is 1.22 bits per heavy atom. The van der Waals surface area contributed by atoms with E-state index in [1.165, 1.54) is 70.6 Å². The third kappa shape index (κ3) is 22.9. The summed E-state index contributed by atoms with van der Waals surface area (Å²) in [7, 11) is 0. The smallest absolute Gasteiger partial charge is 0.305 e. The molecule has 0 saturated heterocycles. The Hall–Kier alpha value is -1.05. The van der Waals surface area contributed by atoms with Gasteiger partial charge in [-0.3, -0.25) is 4.79 Å². The van der Waals surface area contributed by atoms with Gasteiger partial charge in [0.2, 0.25) is 0 Å². The molecule has 0 aliphatic rings. The van der Waals surface area contributed by atoms with Crippen LogP contribution in [0.3, 0.4) is 0 Å². The predicted molar refractivity (Wildman–Crippen MR) is 119 cm³/mol. The van der Waals surface area contributed by atoms with Crippen molar-refractivity contribution in [3.05, 3.63) is 24.8 Å². The molecule has 0 aliphatic carbocycles. The lowest BCUT2D eigenvalue weighted by Gasteiger charge is -2.04. The second kappa shape index (κ2) is 23.0. The quantitative estimate of drug-likeness (QED) is 0.114. The normalized spacial score (nSPS) is 11.1. The molecule has 0 unspecified atom stereocenters. The van der Waals surface area contributed by atoms with Crippen LogP contribution in [0.4, 0.5) is 0 Å². The molecule has 158 valence electrons. The van der Waals surface area contributed by atoms with Gasteiger partial charge in [-0.2, -0.15) is 0 Å². The maximum atomic E-state index is 11.6. The Kier molecular flexibility index (Phi) is 22.1. The van der Waals surface area contributed by atoms with Crippen molar-refractivity contribution >= 4 is 5.97 Å². The van der Waals surface area contributed by atoms with Gasteiger partial charge in [0.1, 0.15) is 0 Å². The second-order valence-corrected chi connectivity index (χ2v) is 7.69. The minimum atomic E-state index is -0.0173. The summed E-state index contributed by atoms with van der Waals surface area (Å²) in [5, 5.41) is 0. The molecule has 0 aromatic rings. The van der Waals surface area contributed by atoms with Gasteiger partial charge in [0.25, 0.3) is 0 Å². The average Bonchev–Trinajstić information content (AvgIpc) is 2.67. The lowest BCUT2D eigenvalue weighted by molar-refractivity contribution is -0.143. The summed E-state index contributed by atoms with van der Waals surface area (Å²) in [5.41, 5.74) is 0. The zero-order valence-corrected chi connectivity index (χ0v) is 18.2. The summed E-state index contributed by atoms with van der Waals surface area (Å²) in [6.07, 6.45) is 28.2. The molecule has 0 bridgehead atoms. The number of rotatable bonds is 21. The molecule has 0 radical (unpaired) electrons. The Morgan fingerprint density at radius 3 is 1.85 bits per heavy atom. The standard InChI is InChI=1S/C25H46O2/c1-3-5-7-9-10-11-12-13-14-15-16-17-18-19-21-23-25(26)27-24-22-20-8-6-4-2/h4,13-14H,2-3,5-12,15-24H2,1H3/b14-13-. The van der Waals surface area contributed by atoms with Crippen LogP contribution in [0, 0.1) is 0 Å². The highest BCUT2D eigenvalue weighted by Gasteiger charge is 2.02. The fraction of sp³-hybridized carbons (Fsp3) is 0.800. The zero-order chi connectivity index (χ0) is 19.8. The van der Waals surface area contributed by atoms with Crippen LogP contribution in [0.2, 0.25) is 0 Å². The largest absolute Gasteiger partial charge is 0.466 e. The Labute approximate surface area is 169 Å². The monoisotopic (exact) mass is 378 g/mol. The van der Waals surface area contributed by atoms with Crippen LogP contribution in [-0.4, -0.2) is 12.6 Å². The molecule has 0 amide bonds. The third-order valence-corrected chi connectivity index (χ3v) is 4.96. The van der Waals surface area contributed by atoms with Crippen LogP contribution < -0.4 is 0 Å². The van der Waals surface area contributed by atoms with E-state index in [1.807, 2.05) is 6.08 Å². The average molecular weight is 379 g/mol. The maximum absolute atomic E-state index is 11.6. The van der Waals surface area contributed by atoms with Crippen molar-refractivity contribution in [1.82, 2.24) is 0 Å². The van der Waals surface area contributed by atoms with Crippen LogP contribution in [0.5, 0.6) is 0 Å². The summed E-state index contributed by atoms with van der Waals surface area (Å²) in [4.78, 5) is 11.6. The van der Waals surface area contributed by atoms with Gasteiger partial charge in [-0.15, -0.1) is 6.58 Å². The van der Waals surface area contributed by atoms with Gasteiger partial charge in [-0.05, 0) is 57.8 Å². The molecule has 0 atom stereocenters. The molecule has 2 nitrogen and oxygen atoms in total. The molecular formula is C25H46O2. The van der Waals surface area contributed by atoms with Crippen LogP contribution in [-0.2, 0) is 9.53 Å². The van der Waals surface area contributed by atoms with Crippen molar-refractivity contribution < 1.29 is 9.53 Å². The lowest BCUT2D eigenvalue weighted by atomic mass is 10.1. The molecule has 0 fully saturated rings. The van der Waals surface area contributed by atoms with Gasteiger partial charge < -0.3 is 4.74 Å². The molecule has 27 heavy (non-hydrogen) atoms. The Bertz CT molecular complexity index is 346. The van der Waals surface area contributed by atoms with Crippen molar-refractivity contribution in [3.63, 3.8) is 0 Å². The molecular weight excluding hydrogens is 332 g/mol. The van der Waals surface area contributed by atoms with E-state index in [9.17, 15) is 4.79 Å². The number of hydrogen-bond acceptors (Lipinski definition) is 2. The summed E-state index contributed by atoms with van der Waals surface area (Å²) >= 11 is 0. The van der Waals surface area contributed by atoms with Crippen molar-refractivity contribution in [3.8, 4) is 0 Å². The maximum Gasteiger partial charge on any atom is 0.305 e. The molecule has 0 aromatic heterocycles. The number of carbonyl (C=O) groups excluding carboxylic acids is 1. The van der Waals surface area contributed by atoms with Crippen molar-refractivity contribution in [2.24, 2.45) is 0 Å². The minimum Gasteiger partial charge on any atom is -0.466 e. The van der Waals surface area contributed by atoms with Gasteiger partial charge in [-0.25, -0.2) is 0 Å². The van der Waals surface area contributed by atoms with E-state index in [1.54, 1.807) is 0 Å². The van der Waals surface area contributed by atoms with Gasteiger partial charge in [-0.1, -0.05) is 76.5 Å². The first-order valence-corrected chi connectivity index (χ1v) is 11.7. The highest BCUT2D eigenvalue weighted by atomic mass is 16.5. The fourth-order valence-corrected chi connectivity index (χ4v) is 3.17. The first-order valence-electron chi connectivity index (χ1n) is 11.7. The first kappa shape index (κ1) is 26.0. The van der Waals surface area contributed by atoms with E-state index in [0.29, 0.717) is 13.0 Å². The molecule has 0 rings (SSSR count). The van der Waals surface area contributed by atoms with Gasteiger partial charge in [0, 0.05) is 6.42 Å². The van der Waals surface area contributed by atoms with Gasteiger partial charge in [0.05, 0.1) is 6.61 Å². The molecule has 0 saturated carbocycles. The SMILES string of the molecule is C=CCCCCCOC(=O)CCCCCCC/C=C\CCCCCCCC. The van der Waals surface area contributed by atoms with Crippen LogP contribution >= 0.6 is 0 Å². The minimum absolute atomic E-state index is 0.0173. The molecule has 0 N–H and O–H groups in total. The van der Waals surface area contributed by atoms with Crippen molar-refractivity contribution in [2.75, 3.05) is 6.61 Å². The summed E-state index contributed by atoms with van der Waals surface area (Å²) < 4.78 is 5.27.